The van der Waals surface area contributed by atoms with Crippen molar-refractivity contribution in [2.75, 3.05) is 13.1 Å². The van der Waals surface area contributed by atoms with Gasteiger partial charge in [-0.1, -0.05) is 30.4 Å². The predicted molar refractivity (Wildman–Crippen MR) is 75.1 cm³/mol. The Labute approximate surface area is 105 Å². The molecule has 1 rings (SSSR count). The highest BCUT2D eigenvalue weighted by molar-refractivity contribution is 5.35. The Hall–Kier alpha value is -1.12. The largest absolute Gasteiger partial charge is 0.329 e. The van der Waals surface area contributed by atoms with Crippen LogP contribution in [0.3, 0.4) is 0 Å². The van der Waals surface area contributed by atoms with Crippen LogP contribution in [0.2, 0.25) is 0 Å². The van der Waals surface area contributed by atoms with Gasteiger partial charge in [0, 0.05) is 12.6 Å². The number of hydrogen-bond donors (Lipinski definition) is 2. The predicted octanol–water partition coefficient (Wildman–Crippen LogP) is 2.86. The van der Waals surface area contributed by atoms with Crippen molar-refractivity contribution in [3.8, 4) is 0 Å². The maximum atomic E-state index is 5.86. The second-order valence-corrected chi connectivity index (χ2v) is 4.39. The zero-order chi connectivity index (χ0) is 12.7. The molecular weight excluding hydrogens is 208 g/mol. The summed E-state index contributed by atoms with van der Waals surface area (Å²) in [4.78, 5) is 0. The first kappa shape index (κ1) is 13.9. The van der Waals surface area contributed by atoms with Gasteiger partial charge in [-0.2, -0.15) is 0 Å². The molecule has 94 valence electrons. The first-order valence-electron chi connectivity index (χ1n) is 6.31. The second-order valence-electron chi connectivity index (χ2n) is 4.39. The molecule has 0 saturated carbocycles. The van der Waals surface area contributed by atoms with Crippen molar-refractivity contribution in [2.24, 2.45) is 5.73 Å². The lowest BCUT2D eigenvalue weighted by molar-refractivity contribution is 0.545. The summed E-state index contributed by atoms with van der Waals surface area (Å²) in [6, 6.07) is 6.68. The standard InChI is InChI=1S/C15H24N2/c1-4-5-6-10-17-15(11-16)14-9-7-8-12(2)13(14)3/h4-5,7-9,15,17H,6,10-11,16H2,1-3H3/b5-4+. The quantitative estimate of drug-likeness (QED) is 0.584. The molecule has 0 aliphatic rings. The van der Waals surface area contributed by atoms with Crippen molar-refractivity contribution < 1.29 is 0 Å². The third kappa shape index (κ3) is 3.99. The Balaban J connectivity index is 2.69. The van der Waals surface area contributed by atoms with E-state index in [0.717, 1.165) is 13.0 Å². The van der Waals surface area contributed by atoms with Gasteiger partial charge in [0.15, 0.2) is 0 Å². The molecule has 1 aromatic rings. The molecule has 0 saturated heterocycles. The Morgan fingerprint density at radius 3 is 2.76 bits per heavy atom. The summed E-state index contributed by atoms with van der Waals surface area (Å²) >= 11 is 0. The van der Waals surface area contributed by atoms with E-state index in [2.05, 4.69) is 49.5 Å². The summed E-state index contributed by atoms with van der Waals surface area (Å²) in [6.07, 6.45) is 5.30. The van der Waals surface area contributed by atoms with Gasteiger partial charge in [-0.05, 0) is 50.4 Å². The molecule has 0 bridgehead atoms. The molecule has 0 amide bonds. The Kier molecular flexibility index (Phi) is 5.95. The van der Waals surface area contributed by atoms with Crippen LogP contribution < -0.4 is 11.1 Å². The zero-order valence-corrected chi connectivity index (χ0v) is 11.2. The van der Waals surface area contributed by atoms with Crippen LogP contribution >= 0.6 is 0 Å². The highest BCUT2D eigenvalue weighted by Gasteiger charge is 2.11. The molecule has 1 aromatic carbocycles. The summed E-state index contributed by atoms with van der Waals surface area (Å²) < 4.78 is 0. The Morgan fingerprint density at radius 1 is 1.35 bits per heavy atom. The number of nitrogens with two attached hydrogens (primary N) is 1. The fourth-order valence-electron chi connectivity index (χ4n) is 1.98. The SMILES string of the molecule is C/C=C/CCNC(CN)c1cccc(C)c1C. The Bertz CT molecular complexity index is 369. The first-order chi connectivity index (χ1) is 8.20. The molecular formula is C15H24N2. The fraction of sp³-hybridized carbons (Fsp3) is 0.467. The highest BCUT2D eigenvalue weighted by atomic mass is 14.9. The third-order valence-electron chi connectivity index (χ3n) is 3.20. The van der Waals surface area contributed by atoms with E-state index in [1.54, 1.807) is 0 Å². The van der Waals surface area contributed by atoms with E-state index in [1.807, 2.05) is 6.92 Å². The summed E-state index contributed by atoms with van der Waals surface area (Å²) in [5.74, 6) is 0. The van der Waals surface area contributed by atoms with Gasteiger partial charge in [-0.15, -0.1) is 0 Å². The van der Waals surface area contributed by atoms with Crippen LogP contribution in [0.5, 0.6) is 0 Å². The van der Waals surface area contributed by atoms with E-state index in [-0.39, 0.29) is 6.04 Å². The zero-order valence-electron chi connectivity index (χ0n) is 11.2. The monoisotopic (exact) mass is 232 g/mol. The van der Waals surface area contributed by atoms with Crippen molar-refractivity contribution in [1.29, 1.82) is 0 Å². The van der Waals surface area contributed by atoms with Gasteiger partial charge in [0.2, 0.25) is 0 Å². The van der Waals surface area contributed by atoms with Crippen molar-refractivity contribution >= 4 is 0 Å². The molecule has 17 heavy (non-hydrogen) atoms. The molecule has 0 aliphatic carbocycles. The van der Waals surface area contributed by atoms with Crippen molar-refractivity contribution in [3.05, 3.63) is 47.0 Å². The smallest absolute Gasteiger partial charge is 0.0447 e. The van der Waals surface area contributed by atoms with Crippen LogP contribution in [0.1, 0.15) is 36.1 Å². The topological polar surface area (TPSA) is 38.0 Å². The minimum Gasteiger partial charge on any atom is -0.329 e. The average Bonchev–Trinajstić information content (AvgIpc) is 2.34. The van der Waals surface area contributed by atoms with Gasteiger partial charge in [0.25, 0.3) is 0 Å². The number of aryl methyl sites for hydroxylation is 1. The molecule has 0 heterocycles. The van der Waals surface area contributed by atoms with Crippen LogP contribution in [0.4, 0.5) is 0 Å². The number of allylic oxidation sites excluding steroid dienone is 1. The molecule has 1 unspecified atom stereocenters. The molecule has 0 aromatic heterocycles. The maximum Gasteiger partial charge on any atom is 0.0447 e. The van der Waals surface area contributed by atoms with Crippen molar-refractivity contribution in [3.63, 3.8) is 0 Å². The lowest BCUT2D eigenvalue weighted by Crippen LogP contribution is -2.29. The summed E-state index contributed by atoms with van der Waals surface area (Å²) in [5.41, 5.74) is 9.86. The molecule has 0 aliphatic heterocycles. The van der Waals surface area contributed by atoms with Crippen LogP contribution in [-0.4, -0.2) is 13.1 Å². The fourth-order valence-corrected chi connectivity index (χ4v) is 1.98. The lowest BCUT2D eigenvalue weighted by Gasteiger charge is -2.20. The summed E-state index contributed by atoms with van der Waals surface area (Å²) in [7, 11) is 0. The molecule has 1 atom stereocenters. The minimum atomic E-state index is 0.264. The van der Waals surface area contributed by atoms with Gasteiger partial charge < -0.3 is 11.1 Å². The van der Waals surface area contributed by atoms with Gasteiger partial charge >= 0.3 is 0 Å². The van der Waals surface area contributed by atoms with Crippen LogP contribution in [0, 0.1) is 13.8 Å². The molecule has 0 fully saturated rings. The van der Waals surface area contributed by atoms with Crippen molar-refractivity contribution in [2.45, 2.75) is 33.2 Å². The second kappa shape index (κ2) is 7.25. The summed E-state index contributed by atoms with van der Waals surface area (Å²) in [5, 5.41) is 3.51. The summed E-state index contributed by atoms with van der Waals surface area (Å²) in [6.45, 7) is 7.97. The number of nitrogens with one attached hydrogen (secondary N) is 1. The van der Waals surface area contributed by atoms with Crippen molar-refractivity contribution in [1.82, 2.24) is 5.32 Å². The average molecular weight is 232 g/mol. The third-order valence-corrected chi connectivity index (χ3v) is 3.20. The first-order valence-corrected chi connectivity index (χ1v) is 6.31. The van der Waals surface area contributed by atoms with E-state index in [0.29, 0.717) is 6.54 Å². The molecule has 2 heteroatoms. The Morgan fingerprint density at radius 2 is 2.12 bits per heavy atom. The van der Waals surface area contributed by atoms with Crippen LogP contribution in [0.15, 0.2) is 30.4 Å². The van der Waals surface area contributed by atoms with Crippen LogP contribution in [-0.2, 0) is 0 Å². The van der Waals surface area contributed by atoms with E-state index in [4.69, 9.17) is 5.73 Å². The number of rotatable bonds is 6. The lowest BCUT2D eigenvalue weighted by atomic mass is 9.97. The normalized spacial score (nSPS) is 13.2. The highest BCUT2D eigenvalue weighted by Crippen LogP contribution is 2.19. The minimum absolute atomic E-state index is 0.264. The van der Waals surface area contributed by atoms with E-state index in [9.17, 15) is 0 Å². The van der Waals surface area contributed by atoms with E-state index >= 15 is 0 Å². The van der Waals surface area contributed by atoms with Gasteiger partial charge in [-0.25, -0.2) is 0 Å². The molecule has 0 radical (unpaired) electrons. The number of benzene rings is 1. The van der Waals surface area contributed by atoms with Crippen LogP contribution in [0.25, 0.3) is 0 Å². The van der Waals surface area contributed by atoms with E-state index < -0.39 is 0 Å². The molecule has 3 N–H and O–H groups in total. The van der Waals surface area contributed by atoms with Gasteiger partial charge in [0.05, 0.1) is 0 Å². The maximum absolute atomic E-state index is 5.86. The number of hydrogen-bond acceptors (Lipinski definition) is 2. The van der Waals surface area contributed by atoms with Gasteiger partial charge in [0.1, 0.15) is 0 Å². The van der Waals surface area contributed by atoms with Gasteiger partial charge in [-0.3, -0.25) is 0 Å². The molecule has 2 nitrogen and oxygen atoms in total. The van der Waals surface area contributed by atoms with E-state index in [1.165, 1.54) is 16.7 Å². The molecule has 0 spiro atoms.